The molecule has 0 aliphatic rings. The number of nitro groups is 2. The van der Waals surface area contributed by atoms with Crippen molar-refractivity contribution >= 4 is 29.0 Å². The average Bonchev–Trinajstić information content (AvgIpc) is 2.83. The third-order valence-corrected chi connectivity index (χ3v) is 4.71. The zero-order chi connectivity index (χ0) is 24.7. The number of nitrogens with one attached hydrogen (secondary N) is 1. The van der Waals surface area contributed by atoms with Crippen molar-refractivity contribution in [3.05, 3.63) is 109 Å². The van der Waals surface area contributed by atoms with E-state index >= 15 is 0 Å². The highest BCUT2D eigenvalue weighted by atomic mass is 16.6. The zero-order valence-electron chi connectivity index (χ0n) is 17.9. The van der Waals surface area contributed by atoms with E-state index in [4.69, 9.17) is 4.74 Å². The first-order valence-electron chi connectivity index (χ1n) is 9.91. The third kappa shape index (κ3) is 6.02. The minimum Gasteiger partial charge on any atom is -0.489 e. The maximum Gasteiger partial charge on any atom is 0.293 e. The van der Waals surface area contributed by atoms with Gasteiger partial charge in [-0.2, -0.15) is 5.26 Å². The minimum absolute atomic E-state index is 0.00302. The molecule has 0 aliphatic heterocycles. The van der Waals surface area contributed by atoms with Crippen molar-refractivity contribution in [2.45, 2.75) is 13.5 Å². The third-order valence-electron chi connectivity index (χ3n) is 4.71. The predicted octanol–water partition coefficient (Wildman–Crippen LogP) is 4.94. The first-order valence-corrected chi connectivity index (χ1v) is 9.91. The molecule has 1 N–H and O–H groups in total. The average molecular weight is 458 g/mol. The van der Waals surface area contributed by atoms with Gasteiger partial charge in [-0.15, -0.1) is 0 Å². The molecule has 0 fully saturated rings. The second-order valence-corrected chi connectivity index (χ2v) is 7.18. The Kier molecular flexibility index (Phi) is 7.31. The Morgan fingerprint density at radius 2 is 1.71 bits per heavy atom. The number of hydrogen-bond donors (Lipinski definition) is 1. The summed E-state index contributed by atoms with van der Waals surface area (Å²) in [5.41, 5.74) is 1.47. The molecule has 1 amide bonds. The van der Waals surface area contributed by atoms with Crippen molar-refractivity contribution in [3.63, 3.8) is 0 Å². The van der Waals surface area contributed by atoms with E-state index in [0.29, 0.717) is 16.9 Å². The summed E-state index contributed by atoms with van der Waals surface area (Å²) in [6, 6.07) is 18.7. The van der Waals surface area contributed by atoms with Gasteiger partial charge in [0.15, 0.2) is 0 Å². The molecule has 0 spiro atoms. The van der Waals surface area contributed by atoms with E-state index in [1.165, 1.54) is 30.3 Å². The number of benzene rings is 3. The smallest absolute Gasteiger partial charge is 0.293 e. The molecular weight excluding hydrogens is 440 g/mol. The Hall–Kier alpha value is -5.04. The van der Waals surface area contributed by atoms with Gasteiger partial charge in [0.2, 0.25) is 0 Å². The fraction of sp³-hybridized carbons (Fsp3) is 0.0833. The molecule has 0 atom stereocenters. The highest BCUT2D eigenvalue weighted by molar-refractivity contribution is 6.10. The lowest BCUT2D eigenvalue weighted by atomic mass is 10.1. The molecule has 0 unspecified atom stereocenters. The van der Waals surface area contributed by atoms with Gasteiger partial charge in [0.25, 0.3) is 17.3 Å². The highest BCUT2D eigenvalue weighted by Gasteiger charge is 2.18. The van der Waals surface area contributed by atoms with Crippen LogP contribution in [0.1, 0.15) is 16.7 Å². The molecule has 3 aromatic carbocycles. The van der Waals surface area contributed by atoms with Crippen LogP contribution in [0.25, 0.3) is 6.08 Å². The lowest BCUT2D eigenvalue weighted by Gasteiger charge is -2.07. The molecule has 0 saturated carbocycles. The van der Waals surface area contributed by atoms with Gasteiger partial charge in [0, 0.05) is 18.2 Å². The largest absolute Gasteiger partial charge is 0.489 e. The number of carbonyl (C=O) groups excluding carboxylic acids is 1. The van der Waals surface area contributed by atoms with E-state index in [1.807, 2.05) is 0 Å². The molecule has 3 aromatic rings. The van der Waals surface area contributed by atoms with E-state index in [-0.39, 0.29) is 29.2 Å². The molecular formula is C24H18N4O6. The van der Waals surface area contributed by atoms with Crippen LogP contribution in [0.4, 0.5) is 17.1 Å². The van der Waals surface area contributed by atoms with Crippen LogP contribution < -0.4 is 10.1 Å². The summed E-state index contributed by atoms with van der Waals surface area (Å²) in [6.45, 7) is 1.90. The maximum atomic E-state index is 12.5. The fourth-order valence-corrected chi connectivity index (χ4v) is 2.94. The van der Waals surface area contributed by atoms with Crippen molar-refractivity contribution in [2.24, 2.45) is 0 Å². The second-order valence-electron chi connectivity index (χ2n) is 7.18. The molecule has 0 radical (unpaired) electrons. The van der Waals surface area contributed by atoms with E-state index in [1.54, 1.807) is 55.5 Å². The van der Waals surface area contributed by atoms with Crippen LogP contribution in [0.2, 0.25) is 0 Å². The standard InChI is InChI=1S/C24H18N4O6/c1-16-2-11-22(23(12-16)28(32)33)26-24(29)19(14-25)13-17-5-9-21(10-6-17)34-15-18-3-7-20(8-4-18)27(30)31/h2-13H,15H2,1H3,(H,26,29)/b19-13+. The van der Waals surface area contributed by atoms with Gasteiger partial charge in [0.1, 0.15) is 29.7 Å². The monoisotopic (exact) mass is 458 g/mol. The quantitative estimate of drug-likeness (QED) is 0.217. The number of hydrogen-bond acceptors (Lipinski definition) is 7. The summed E-state index contributed by atoms with van der Waals surface area (Å²) in [4.78, 5) is 33.4. The van der Waals surface area contributed by atoms with E-state index in [9.17, 15) is 30.3 Å². The van der Waals surface area contributed by atoms with Crippen LogP contribution in [0, 0.1) is 38.5 Å². The van der Waals surface area contributed by atoms with Crippen LogP contribution in [-0.4, -0.2) is 15.8 Å². The summed E-state index contributed by atoms with van der Waals surface area (Å²) in [7, 11) is 0. The summed E-state index contributed by atoms with van der Waals surface area (Å²) >= 11 is 0. The number of nitro benzene ring substituents is 2. The highest BCUT2D eigenvalue weighted by Crippen LogP contribution is 2.26. The van der Waals surface area contributed by atoms with Crippen molar-refractivity contribution in [2.75, 3.05) is 5.32 Å². The predicted molar refractivity (Wildman–Crippen MR) is 124 cm³/mol. The summed E-state index contributed by atoms with van der Waals surface area (Å²) in [5, 5.41) is 33.8. The van der Waals surface area contributed by atoms with E-state index in [2.05, 4.69) is 5.32 Å². The van der Waals surface area contributed by atoms with Crippen molar-refractivity contribution in [1.82, 2.24) is 0 Å². The first-order chi connectivity index (χ1) is 16.3. The second kappa shape index (κ2) is 10.5. The first kappa shape index (κ1) is 23.6. The van der Waals surface area contributed by atoms with Crippen molar-refractivity contribution in [3.8, 4) is 11.8 Å². The summed E-state index contributed by atoms with van der Waals surface area (Å²) < 4.78 is 5.65. The lowest BCUT2D eigenvalue weighted by molar-refractivity contribution is -0.384. The summed E-state index contributed by atoms with van der Waals surface area (Å²) in [6.07, 6.45) is 1.36. The van der Waals surface area contributed by atoms with Crippen LogP contribution >= 0.6 is 0 Å². The Labute approximate surface area is 194 Å². The molecule has 0 saturated heterocycles. The molecule has 0 heterocycles. The SMILES string of the molecule is Cc1ccc(NC(=O)/C(C#N)=C/c2ccc(OCc3ccc([N+](=O)[O-])cc3)cc2)c([N+](=O)[O-])c1. The molecule has 0 bridgehead atoms. The van der Waals surface area contributed by atoms with Crippen LogP contribution in [0.3, 0.4) is 0 Å². The number of anilines is 1. The molecule has 10 nitrogen and oxygen atoms in total. The van der Waals surface area contributed by atoms with Crippen LogP contribution in [-0.2, 0) is 11.4 Å². The number of carbonyl (C=O) groups is 1. The van der Waals surface area contributed by atoms with Gasteiger partial charge < -0.3 is 10.1 Å². The van der Waals surface area contributed by atoms with Crippen LogP contribution in [0.5, 0.6) is 5.75 Å². The Morgan fingerprint density at radius 3 is 2.29 bits per heavy atom. The van der Waals surface area contributed by atoms with E-state index < -0.39 is 15.8 Å². The van der Waals surface area contributed by atoms with E-state index in [0.717, 1.165) is 5.56 Å². The molecule has 0 aliphatic carbocycles. The number of nitrogens with zero attached hydrogens (tertiary/aromatic N) is 3. The number of ether oxygens (including phenoxy) is 1. The Balaban J connectivity index is 1.67. The van der Waals surface area contributed by atoms with Gasteiger partial charge in [-0.25, -0.2) is 0 Å². The zero-order valence-corrected chi connectivity index (χ0v) is 17.9. The molecule has 0 aromatic heterocycles. The number of non-ortho nitro benzene ring substituents is 1. The Bertz CT molecular complexity index is 1310. The molecule has 34 heavy (non-hydrogen) atoms. The lowest BCUT2D eigenvalue weighted by Crippen LogP contribution is -2.14. The molecule has 170 valence electrons. The van der Waals surface area contributed by atoms with Gasteiger partial charge in [-0.3, -0.25) is 25.0 Å². The van der Waals surface area contributed by atoms with Crippen molar-refractivity contribution in [1.29, 1.82) is 5.26 Å². The number of aryl methyl sites for hydroxylation is 1. The molecule has 3 rings (SSSR count). The van der Waals surface area contributed by atoms with Crippen LogP contribution in [0.15, 0.2) is 72.3 Å². The number of nitriles is 1. The van der Waals surface area contributed by atoms with Gasteiger partial charge in [-0.1, -0.05) is 18.2 Å². The number of rotatable bonds is 8. The van der Waals surface area contributed by atoms with Gasteiger partial charge in [-0.05, 0) is 60.0 Å². The fourth-order valence-electron chi connectivity index (χ4n) is 2.94. The van der Waals surface area contributed by atoms with Crippen molar-refractivity contribution < 1.29 is 19.4 Å². The summed E-state index contributed by atoms with van der Waals surface area (Å²) in [5.74, 6) is -0.248. The van der Waals surface area contributed by atoms with Gasteiger partial charge in [0.05, 0.1) is 9.85 Å². The Morgan fingerprint density at radius 1 is 1.03 bits per heavy atom. The van der Waals surface area contributed by atoms with Gasteiger partial charge >= 0.3 is 0 Å². The topological polar surface area (TPSA) is 148 Å². The molecule has 10 heteroatoms. The minimum atomic E-state index is -0.770. The maximum absolute atomic E-state index is 12.5. The number of amides is 1. The normalized spacial score (nSPS) is 10.8.